The van der Waals surface area contributed by atoms with Gasteiger partial charge in [-0.3, -0.25) is 0 Å². The van der Waals surface area contributed by atoms with Gasteiger partial charge in [-0.1, -0.05) is 0 Å². The normalized spacial score (nSPS) is 57.2. The molecule has 3 heteroatoms. The van der Waals surface area contributed by atoms with Crippen molar-refractivity contribution in [1.29, 1.82) is 0 Å². The van der Waals surface area contributed by atoms with Crippen LogP contribution in [0.5, 0.6) is 0 Å². The Morgan fingerprint density at radius 2 is 2.17 bits per heavy atom. The molecule has 0 radical (unpaired) electrons. The van der Waals surface area contributed by atoms with Crippen LogP contribution in [0.3, 0.4) is 0 Å². The predicted octanol–water partition coefficient (Wildman–Crippen LogP) is 0.376. The van der Waals surface area contributed by atoms with E-state index in [2.05, 4.69) is 0 Å². The van der Waals surface area contributed by atoms with Crippen molar-refractivity contribution in [3.63, 3.8) is 0 Å². The van der Waals surface area contributed by atoms with Crippen LogP contribution in [0, 0.1) is 17.8 Å². The van der Waals surface area contributed by atoms with Crippen LogP contribution < -0.4 is 0 Å². The highest BCUT2D eigenvalue weighted by molar-refractivity contribution is 4.97. The summed E-state index contributed by atoms with van der Waals surface area (Å²) in [4.78, 5) is 0. The molecule has 1 N–H and O–H groups in total. The molecule has 3 fully saturated rings. The first-order valence-electron chi connectivity index (χ1n) is 4.77. The molecule has 1 aliphatic carbocycles. The summed E-state index contributed by atoms with van der Waals surface area (Å²) in [5, 5.41) is 9.74. The average Bonchev–Trinajstić information content (AvgIpc) is 2.61. The first-order valence-corrected chi connectivity index (χ1v) is 4.77. The van der Waals surface area contributed by atoms with Gasteiger partial charge in [0.2, 0.25) is 0 Å². The van der Waals surface area contributed by atoms with E-state index in [4.69, 9.17) is 9.47 Å². The number of hydrogen-bond donors (Lipinski definition) is 1. The van der Waals surface area contributed by atoms with Gasteiger partial charge in [-0.2, -0.15) is 0 Å². The van der Waals surface area contributed by atoms with Gasteiger partial charge >= 0.3 is 0 Å². The second-order valence-corrected chi connectivity index (χ2v) is 4.17. The summed E-state index contributed by atoms with van der Waals surface area (Å²) in [6.45, 7) is 1.55. The summed E-state index contributed by atoms with van der Waals surface area (Å²) in [5.41, 5.74) is 0. The van der Waals surface area contributed by atoms with Crippen molar-refractivity contribution in [2.75, 3.05) is 13.2 Å². The Bertz CT molecular complexity index is 190. The van der Waals surface area contributed by atoms with Crippen LogP contribution in [0.4, 0.5) is 0 Å². The Balaban J connectivity index is 1.89. The van der Waals surface area contributed by atoms with Crippen LogP contribution in [-0.4, -0.2) is 30.7 Å². The third-order valence-corrected chi connectivity index (χ3v) is 3.60. The van der Waals surface area contributed by atoms with Crippen molar-refractivity contribution >= 4 is 0 Å². The zero-order chi connectivity index (χ0) is 8.13. The van der Waals surface area contributed by atoms with Crippen LogP contribution in [0.1, 0.15) is 12.8 Å². The molecule has 2 heterocycles. The van der Waals surface area contributed by atoms with E-state index in [9.17, 15) is 5.11 Å². The summed E-state index contributed by atoms with van der Waals surface area (Å²) in [5.74, 6) is 1.51. The Labute approximate surface area is 71.7 Å². The van der Waals surface area contributed by atoms with Crippen LogP contribution >= 0.6 is 0 Å². The van der Waals surface area contributed by atoms with E-state index >= 15 is 0 Å². The zero-order valence-corrected chi connectivity index (χ0v) is 6.98. The lowest BCUT2D eigenvalue weighted by atomic mass is 9.87. The smallest absolute Gasteiger partial charge is 0.161 e. The van der Waals surface area contributed by atoms with Gasteiger partial charge in [-0.15, -0.1) is 0 Å². The molecule has 68 valence electrons. The van der Waals surface area contributed by atoms with Gasteiger partial charge in [0, 0.05) is 5.92 Å². The van der Waals surface area contributed by atoms with Crippen LogP contribution in [0.25, 0.3) is 0 Å². The van der Waals surface area contributed by atoms with Gasteiger partial charge in [0.15, 0.2) is 6.29 Å². The highest BCUT2D eigenvalue weighted by Gasteiger charge is 2.52. The second kappa shape index (κ2) is 2.44. The lowest BCUT2D eigenvalue weighted by Gasteiger charge is -2.31. The summed E-state index contributed by atoms with van der Waals surface area (Å²) in [7, 11) is 0. The third-order valence-electron chi connectivity index (χ3n) is 3.60. The molecule has 5 atom stereocenters. The number of ether oxygens (including phenoxy) is 2. The standard InChI is InChI=1S/C9H14O3/c10-7-3-5-4-12-9-8(5)6(7)1-2-11-9/h5-10H,1-4H2/t5-,6-,7-,8+,9+/m0/s1. The largest absolute Gasteiger partial charge is 0.393 e. The Hall–Kier alpha value is -0.120. The third kappa shape index (κ3) is 0.817. The fourth-order valence-electron chi connectivity index (χ4n) is 3.05. The Kier molecular flexibility index (Phi) is 1.48. The summed E-state index contributed by atoms with van der Waals surface area (Å²) in [6, 6.07) is 0. The maximum atomic E-state index is 9.74. The maximum Gasteiger partial charge on any atom is 0.161 e. The molecule has 0 bridgehead atoms. The number of rotatable bonds is 0. The topological polar surface area (TPSA) is 38.7 Å². The molecule has 1 saturated carbocycles. The van der Waals surface area contributed by atoms with Crippen molar-refractivity contribution in [2.24, 2.45) is 17.8 Å². The molecule has 3 nitrogen and oxygen atoms in total. The molecular weight excluding hydrogens is 156 g/mol. The molecular formula is C9H14O3. The van der Waals surface area contributed by atoms with E-state index in [0.29, 0.717) is 17.8 Å². The molecule has 0 aromatic rings. The summed E-state index contributed by atoms with van der Waals surface area (Å²) < 4.78 is 11.0. The Morgan fingerprint density at radius 3 is 3.08 bits per heavy atom. The van der Waals surface area contributed by atoms with Gasteiger partial charge in [0.05, 0.1) is 19.3 Å². The molecule has 3 aliphatic rings. The van der Waals surface area contributed by atoms with Gasteiger partial charge in [0.1, 0.15) is 0 Å². The average molecular weight is 170 g/mol. The highest BCUT2D eigenvalue weighted by atomic mass is 16.7. The number of aliphatic hydroxyl groups excluding tert-OH is 1. The fourth-order valence-corrected chi connectivity index (χ4v) is 3.05. The lowest BCUT2D eigenvalue weighted by molar-refractivity contribution is -0.173. The molecule has 0 unspecified atom stereocenters. The summed E-state index contributed by atoms with van der Waals surface area (Å²) >= 11 is 0. The van der Waals surface area contributed by atoms with Crippen LogP contribution in [-0.2, 0) is 9.47 Å². The van der Waals surface area contributed by atoms with Gasteiger partial charge in [-0.05, 0) is 24.7 Å². The second-order valence-electron chi connectivity index (χ2n) is 4.17. The van der Waals surface area contributed by atoms with Crippen molar-refractivity contribution in [3.8, 4) is 0 Å². The van der Waals surface area contributed by atoms with Gasteiger partial charge in [-0.25, -0.2) is 0 Å². The van der Waals surface area contributed by atoms with Crippen LogP contribution in [0.15, 0.2) is 0 Å². The molecule has 2 saturated heterocycles. The molecule has 3 rings (SSSR count). The molecule has 0 aromatic heterocycles. The minimum atomic E-state index is -0.0877. The Morgan fingerprint density at radius 1 is 1.25 bits per heavy atom. The molecule has 12 heavy (non-hydrogen) atoms. The lowest BCUT2D eigenvalue weighted by Crippen LogP contribution is -2.35. The molecule has 0 spiro atoms. The number of aliphatic hydroxyl groups is 1. The quantitative estimate of drug-likeness (QED) is 0.571. The molecule has 0 amide bonds. The zero-order valence-electron chi connectivity index (χ0n) is 6.98. The van der Waals surface area contributed by atoms with E-state index in [0.717, 1.165) is 26.1 Å². The van der Waals surface area contributed by atoms with Crippen molar-refractivity contribution < 1.29 is 14.6 Å². The molecule has 2 aliphatic heterocycles. The van der Waals surface area contributed by atoms with E-state index in [1.165, 1.54) is 0 Å². The first kappa shape index (κ1) is 7.30. The highest BCUT2D eigenvalue weighted by Crippen LogP contribution is 2.48. The first-order chi connectivity index (χ1) is 5.86. The van der Waals surface area contributed by atoms with E-state index < -0.39 is 0 Å². The SMILES string of the molecule is O[C@H]1C[C@H]2CO[C@H]3OCC[C@@H]1[C@@H]23. The van der Waals surface area contributed by atoms with Crippen molar-refractivity contribution in [1.82, 2.24) is 0 Å². The van der Waals surface area contributed by atoms with Gasteiger partial charge in [0.25, 0.3) is 0 Å². The maximum absolute atomic E-state index is 9.74. The number of hydrogen-bond acceptors (Lipinski definition) is 3. The fraction of sp³-hybridized carbons (Fsp3) is 1.00. The van der Waals surface area contributed by atoms with E-state index in [-0.39, 0.29) is 12.4 Å². The minimum Gasteiger partial charge on any atom is -0.393 e. The monoisotopic (exact) mass is 170 g/mol. The van der Waals surface area contributed by atoms with E-state index in [1.54, 1.807) is 0 Å². The predicted molar refractivity (Wildman–Crippen MR) is 41.4 cm³/mol. The van der Waals surface area contributed by atoms with Crippen LogP contribution in [0.2, 0.25) is 0 Å². The summed E-state index contributed by atoms with van der Waals surface area (Å²) in [6.07, 6.45) is 1.86. The van der Waals surface area contributed by atoms with Crippen molar-refractivity contribution in [2.45, 2.75) is 25.2 Å². The minimum absolute atomic E-state index is 0.00546. The molecule has 0 aromatic carbocycles. The van der Waals surface area contributed by atoms with Gasteiger partial charge < -0.3 is 14.6 Å². The van der Waals surface area contributed by atoms with E-state index in [1.807, 2.05) is 0 Å². The van der Waals surface area contributed by atoms with Crippen molar-refractivity contribution in [3.05, 3.63) is 0 Å².